The summed E-state index contributed by atoms with van der Waals surface area (Å²) in [5, 5.41) is 2.31. The SMILES string of the molecule is COc1cccc(CCN2CCN(C(=O)Nc3ccc(F)c(F)c3F)CC2)c1. The average molecular weight is 393 g/mol. The van der Waals surface area contributed by atoms with E-state index in [0.29, 0.717) is 26.2 Å². The van der Waals surface area contributed by atoms with E-state index in [1.54, 1.807) is 7.11 Å². The van der Waals surface area contributed by atoms with E-state index in [1.165, 1.54) is 10.5 Å². The van der Waals surface area contributed by atoms with Crippen LogP contribution in [0.25, 0.3) is 0 Å². The van der Waals surface area contributed by atoms with Crippen molar-refractivity contribution in [2.24, 2.45) is 0 Å². The van der Waals surface area contributed by atoms with Crippen molar-refractivity contribution >= 4 is 11.7 Å². The van der Waals surface area contributed by atoms with Gasteiger partial charge in [0, 0.05) is 32.7 Å². The average Bonchev–Trinajstić information content (AvgIpc) is 2.73. The Hall–Kier alpha value is -2.74. The Balaban J connectivity index is 1.48. The number of rotatable bonds is 5. The lowest BCUT2D eigenvalue weighted by Crippen LogP contribution is -2.50. The Kier molecular flexibility index (Phi) is 6.41. The Bertz CT molecular complexity index is 839. The van der Waals surface area contributed by atoms with Gasteiger partial charge in [-0.2, -0.15) is 0 Å². The zero-order chi connectivity index (χ0) is 20.1. The molecule has 0 aliphatic carbocycles. The lowest BCUT2D eigenvalue weighted by molar-refractivity contribution is 0.148. The second-order valence-electron chi connectivity index (χ2n) is 6.58. The monoisotopic (exact) mass is 393 g/mol. The van der Waals surface area contributed by atoms with Crippen LogP contribution in [0.1, 0.15) is 5.56 Å². The number of benzene rings is 2. The summed E-state index contributed by atoms with van der Waals surface area (Å²) in [6.07, 6.45) is 0.865. The molecule has 0 radical (unpaired) electrons. The number of ether oxygens (including phenoxy) is 1. The highest BCUT2D eigenvalue weighted by atomic mass is 19.2. The Morgan fingerprint density at radius 3 is 2.54 bits per heavy atom. The van der Waals surface area contributed by atoms with E-state index < -0.39 is 23.5 Å². The van der Waals surface area contributed by atoms with Crippen LogP contribution in [-0.2, 0) is 6.42 Å². The molecule has 0 spiro atoms. The lowest BCUT2D eigenvalue weighted by Gasteiger charge is -2.34. The molecule has 5 nitrogen and oxygen atoms in total. The second kappa shape index (κ2) is 8.97. The summed E-state index contributed by atoms with van der Waals surface area (Å²) < 4.78 is 45.2. The summed E-state index contributed by atoms with van der Waals surface area (Å²) in [5.41, 5.74) is 0.803. The third-order valence-electron chi connectivity index (χ3n) is 4.79. The van der Waals surface area contributed by atoms with Crippen molar-refractivity contribution in [3.05, 3.63) is 59.4 Å². The Morgan fingerprint density at radius 1 is 1.07 bits per heavy atom. The largest absolute Gasteiger partial charge is 0.497 e. The van der Waals surface area contributed by atoms with Gasteiger partial charge in [-0.3, -0.25) is 4.90 Å². The molecule has 2 aromatic rings. The van der Waals surface area contributed by atoms with Crippen LogP contribution in [0.3, 0.4) is 0 Å². The minimum atomic E-state index is -1.60. The normalized spacial score (nSPS) is 14.8. The van der Waals surface area contributed by atoms with Crippen LogP contribution in [0.5, 0.6) is 5.75 Å². The number of hydrogen-bond donors (Lipinski definition) is 1. The molecule has 1 heterocycles. The molecule has 1 aliphatic heterocycles. The summed E-state index contributed by atoms with van der Waals surface area (Å²) in [7, 11) is 1.63. The summed E-state index contributed by atoms with van der Waals surface area (Å²) in [6, 6.07) is 9.16. The van der Waals surface area contributed by atoms with Gasteiger partial charge in [0.15, 0.2) is 17.5 Å². The quantitative estimate of drug-likeness (QED) is 0.791. The highest BCUT2D eigenvalue weighted by Crippen LogP contribution is 2.20. The first kappa shape index (κ1) is 20.0. The standard InChI is InChI=1S/C20H22F3N3O2/c1-28-15-4-2-3-14(13-15)7-8-25-9-11-26(12-10-25)20(27)24-17-6-5-16(21)18(22)19(17)23/h2-6,13H,7-12H2,1H3,(H,24,27). The molecule has 150 valence electrons. The molecular formula is C20H22F3N3O2. The molecule has 2 amide bonds. The van der Waals surface area contributed by atoms with Crippen LogP contribution in [-0.4, -0.2) is 55.7 Å². The first-order valence-corrected chi connectivity index (χ1v) is 9.02. The fraction of sp³-hybridized carbons (Fsp3) is 0.350. The topological polar surface area (TPSA) is 44.8 Å². The first-order chi connectivity index (χ1) is 13.5. The molecule has 1 saturated heterocycles. The van der Waals surface area contributed by atoms with E-state index in [9.17, 15) is 18.0 Å². The number of carbonyl (C=O) groups is 1. The molecule has 0 atom stereocenters. The van der Waals surface area contributed by atoms with Crippen LogP contribution in [0.2, 0.25) is 0 Å². The predicted octanol–water partition coefficient (Wildman–Crippen LogP) is 3.50. The molecule has 0 aromatic heterocycles. The second-order valence-corrected chi connectivity index (χ2v) is 6.58. The lowest BCUT2D eigenvalue weighted by atomic mass is 10.1. The van der Waals surface area contributed by atoms with E-state index in [2.05, 4.69) is 10.2 Å². The molecule has 1 fully saturated rings. The summed E-state index contributed by atoms with van der Waals surface area (Å²) >= 11 is 0. The maximum atomic E-state index is 13.7. The third kappa shape index (κ3) is 4.75. The maximum Gasteiger partial charge on any atom is 0.322 e. The number of piperazine rings is 1. The molecule has 1 aliphatic rings. The van der Waals surface area contributed by atoms with Crippen LogP contribution in [0.4, 0.5) is 23.7 Å². The number of hydrogen-bond acceptors (Lipinski definition) is 3. The van der Waals surface area contributed by atoms with Gasteiger partial charge in [-0.05, 0) is 36.2 Å². The number of anilines is 1. The molecule has 0 saturated carbocycles. The highest BCUT2D eigenvalue weighted by molar-refractivity contribution is 5.89. The molecule has 8 heteroatoms. The highest BCUT2D eigenvalue weighted by Gasteiger charge is 2.23. The van der Waals surface area contributed by atoms with Crippen molar-refractivity contribution in [1.29, 1.82) is 0 Å². The molecule has 2 aromatic carbocycles. The first-order valence-electron chi connectivity index (χ1n) is 9.02. The van der Waals surface area contributed by atoms with Gasteiger partial charge in [-0.1, -0.05) is 12.1 Å². The van der Waals surface area contributed by atoms with E-state index in [1.807, 2.05) is 24.3 Å². The van der Waals surface area contributed by atoms with Gasteiger partial charge in [-0.15, -0.1) is 0 Å². The zero-order valence-corrected chi connectivity index (χ0v) is 15.6. The summed E-state index contributed by atoms with van der Waals surface area (Å²) in [5.74, 6) is -3.46. The zero-order valence-electron chi connectivity index (χ0n) is 15.6. The van der Waals surface area contributed by atoms with Crippen LogP contribution in [0, 0.1) is 17.5 Å². The number of nitrogens with one attached hydrogen (secondary N) is 1. The molecule has 1 N–H and O–H groups in total. The van der Waals surface area contributed by atoms with Crippen molar-refractivity contribution < 1.29 is 22.7 Å². The van der Waals surface area contributed by atoms with Gasteiger partial charge < -0.3 is 15.0 Å². The van der Waals surface area contributed by atoms with Crippen molar-refractivity contribution in [1.82, 2.24) is 9.80 Å². The Morgan fingerprint density at radius 2 is 1.82 bits per heavy atom. The van der Waals surface area contributed by atoms with E-state index >= 15 is 0 Å². The van der Waals surface area contributed by atoms with Gasteiger partial charge in [0.2, 0.25) is 0 Å². The minimum absolute atomic E-state index is 0.371. The number of methoxy groups -OCH3 is 1. The fourth-order valence-electron chi connectivity index (χ4n) is 3.11. The summed E-state index contributed by atoms with van der Waals surface area (Å²) in [4.78, 5) is 16.0. The van der Waals surface area contributed by atoms with Gasteiger partial charge in [-0.25, -0.2) is 18.0 Å². The smallest absolute Gasteiger partial charge is 0.322 e. The molecule has 0 unspecified atom stereocenters. The third-order valence-corrected chi connectivity index (χ3v) is 4.79. The fourth-order valence-corrected chi connectivity index (χ4v) is 3.11. The molecule has 28 heavy (non-hydrogen) atoms. The number of urea groups is 1. The molecule has 3 rings (SSSR count). The summed E-state index contributed by atoms with van der Waals surface area (Å²) in [6.45, 7) is 3.14. The van der Waals surface area contributed by atoms with Gasteiger partial charge in [0.25, 0.3) is 0 Å². The van der Waals surface area contributed by atoms with Gasteiger partial charge >= 0.3 is 6.03 Å². The molecular weight excluding hydrogens is 371 g/mol. The van der Waals surface area contributed by atoms with Crippen molar-refractivity contribution in [3.8, 4) is 5.75 Å². The van der Waals surface area contributed by atoms with Crippen LogP contribution < -0.4 is 10.1 Å². The van der Waals surface area contributed by atoms with Crippen LogP contribution >= 0.6 is 0 Å². The number of carbonyl (C=O) groups excluding carboxylic acids is 1. The van der Waals surface area contributed by atoms with Crippen LogP contribution in [0.15, 0.2) is 36.4 Å². The van der Waals surface area contributed by atoms with E-state index in [4.69, 9.17) is 4.74 Å². The number of halogens is 3. The number of nitrogens with zero attached hydrogens (tertiary/aromatic N) is 2. The van der Waals surface area contributed by atoms with Crippen molar-refractivity contribution in [2.75, 3.05) is 45.2 Å². The van der Waals surface area contributed by atoms with Crippen molar-refractivity contribution in [2.45, 2.75) is 6.42 Å². The molecule has 0 bridgehead atoms. The van der Waals surface area contributed by atoms with Crippen molar-refractivity contribution in [3.63, 3.8) is 0 Å². The van der Waals surface area contributed by atoms with E-state index in [0.717, 1.165) is 30.8 Å². The van der Waals surface area contributed by atoms with Gasteiger partial charge in [0.05, 0.1) is 12.8 Å². The maximum absolute atomic E-state index is 13.7. The minimum Gasteiger partial charge on any atom is -0.497 e. The Labute approximate surface area is 161 Å². The predicted molar refractivity (Wildman–Crippen MR) is 100 cm³/mol. The van der Waals surface area contributed by atoms with Gasteiger partial charge in [0.1, 0.15) is 5.75 Å². The number of amides is 2. The van der Waals surface area contributed by atoms with E-state index in [-0.39, 0.29) is 5.69 Å².